The van der Waals surface area contributed by atoms with Crippen molar-refractivity contribution in [1.82, 2.24) is 4.98 Å². The highest BCUT2D eigenvalue weighted by atomic mass is 14.7. The molecule has 0 saturated heterocycles. The largest absolute Gasteiger partial charge is 0.402 e. The van der Waals surface area contributed by atoms with Crippen LogP contribution < -0.4 is 5.73 Å². The van der Waals surface area contributed by atoms with Gasteiger partial charge in [0.25, 0.3) is 0 Å². The van der Waals surface area contributed by atoms with Crippen LogP contribution >= 0.6 is 0 Å². The molecule has 1 heterocycles. The predicted octanol–water partition coefficient (Wildman–Crippen LogP) is 2.18. The first kappa shape index (κ1) is 7.92. The Labute approximate surface area is 77.1 Å². The molecule has 2 nitrogen and oxygen atoms in total. The molecular weight excluding hydrogens is 160 g/mol. The van der Waals surface area contributed by atoms with Crippen molar-refractivity contribution in [2.45, 2.75) is 6.42 Å². The Hall–Kier alpha value is -1.70. The monoisotopic (exact) mass is 172 g/mol. The molecule has 1 aromatic heterocycles. The van der Waals surface area contributed by atoms with Gasteiger partial charge in [-0.1, -0.05) is 24.8 Å². The molecule has 0 unspecified atom stereocenters. The third-order valence-corrected chi connectivity index (χ3v) is 2.09. The van der Waals surface area contributed by atoms with Gasteiger partial charge in [0.05, 0.1) is 0 Å². The number of allylic oxidation sites excluding steroid dienone is 1. The van der Waals surface area contributed by atoms with E-state index < -0.39 is 0 Å². The number of hydrogen-bond donors (Lipinski definition) is 2. The number of H-pyrrole nitrogens is 1. The first-order valence-electron chi connectivity index (χ1n) is 4.25. The van der Waals surface area contributed by atoms with Gasteiger partial charge in [-0.15, -0.1) is 0 Å². The molecule has 0 atom stereocenters. The molecule has 0 spiro atoms. The zero-order chi connectivity index (χ0) is 9.26. The first-order valence-corrected chi connectivity index (χ1v) is 4.25. The molecule has 13 heavy (non-hydrogen) atoms. The van der Waals surface area contributed by atoms with Crippen LogP contribution in [0.3, 0.4) is 0 Å². The molecule has 0 aliphatic heterocycles. The number of benzene rings is 1. The number of aromatic amines is 1. The van der Waals surface area contributed by atoms with E-state index in [9.17, 15) is 0 Å². The minimum atomic E-state index is 0.699. The fraction of sp³-hybridized carbons (Fsp3) is 0.0909. The summed E-state index contributed by atoms with van der Waals surface area (Å²) in [5, 5.41) is 1.23. The third-order valence-electron chi connectivity index (χ3n) is 2.09. The number of nitrogens with two attached hydrogens (primary N) is 1. The lowest BCUT2D eigenvalue weighted by Crippen LogP contribution is -1.97. The van der Waals surface area contributed by atoms with Crippen molar-refractivity contribution in [1.29, 1.82) is 0 Å². The zero-order valence-electron chi connectivity index (χ0n) is 7.38. The SMILES string of the molecule is C=C(N)Cc1c[nH]c2ccccc12. The van der Waals surface area contributed by atoms with E-state index in [1.807, 2.05) is 18.3 Å². The summed E-state index contributed by atoms with van der Waals surface area (Å²) in [5.74, 6) is 0. The zero-order valence-corrected chi connectivity index (χ0v) is 7.38. The van der Waals surface area contributed by atoms with Crippen LogP contribution in [0, 0.1) is 0 Å². The van der Waals surface area contributed by atoms with Crippen molar-refractivity contribution in [2.75, 3.05) is 0 Å². The topological polar surface area (TPSA) is 41.8 Å². The minimum Gasteiger partial charge on any atom is -0.402 e. The summed E-state index contributed by atoms with van der Waals surface area (Å²) < 4.78 is 0. The minimum absolute atomic E-state index is 0.699. The lowest BCUT2D eigenvalue weighted by atomic mass is 10.1. The van der Waals surface area contributed by atoms with E-state index in [1.54, 1.807) is 0 Å². The van der Waals surface area contributed by atoms with Crippen LogP contribution in [-0.4, -0.2) is 4.98 Å². The molecule has 2 heteroatoms. The van der Waals surface area contributed by atoms with Crippen molar-refractivity contribution >= 4 is 10.9 Å². The van der Waals surface area contributed by atoms with E-state index >= 15 is 0 Å². The highest BCUT2D eigenvalue weighted by Crippen LogP contribution is 2.18. The molecule has 0 saturated carbocycles. The molecule has 66 valence electrons. The van der Waals surface area contributed by atoms with Gasteiger partial charge in [-0.3, -0.25) is 0 Å². The van der Waals surface area contributed by atoms with Crippen molar-refractivity contribution in [3.8, 4) is 0 Å². The predicted molar refractivity (Wildman–Crippen MR) is 55.3 cm³/mol. The fourth-order valence-electron chi connectivity index (χ4n) is 1.52. The molecule has 2 aromatic rings. The molecule has 3 N–H and O–H groups in total. The van der Waals surface area contributed by atoms with Gasteiger partial charge in [0.2, 0.25) is 0 Å². The van der Waals surface area contributed by atoms with Crippen molar-refractivity contribution in [3.05, 3.63) is 48.3 Å². The lowest BCUT2D eigenvalue weighted by Gasteiger charge is -1.96. The maximum absolute atomic E-state index is 5.57. The highest BCUT2D eigenvalue weighted by molar-refractivity contribution is 5.83. The molecule has 0 amide bonds. The second-order valence-electron chi connectivity index (χ2n) is 3.19. The standard InChI is InChI=1S/C11H12N2/c1-8(12)6-9-7-13-11-5-3-2-4-10(9)11/h2-5,7,13H,1,6,12H2. The van der Waals surface area contributed by atoms with Crippen LogP contribution in [0.25, 0.3) is 10.9 Å². The van der Waals surface area contributed by atoms with Gasteiger partial charge in [0, 0.05) is 29.2 Å². The summed E-state index contributed by atoms with van der Waals surface area (Å²) in [5.41, 5.74) is 8.63. The second kappa shape index (κ2) is 2.98. The summed E-state index contributed by atoms with van der Waals surface area (Å²) in [7, 11) is 0. The molecule has 0 aliphatic rings. The van der Waals surface area contributed by atoms with E-state index in [0.29, 0.717) is 5.70 Å². The van der Waals surface area contributed by atoms with Gasteiger partial charge in [-0.25, -0.2) is 0 Å². The number of aromatic nitrogens is 1. The van der Waals surface area contributed by atoms with Crippen LogP contribution in [-0.2, 0) is 6.42 Å². The highest BCUT2D eigenvalue weighted by Gasteiger charge is 2.01. The van der Waals surface area contributed by atoms with Crippen LogP contribution in [0.4, 0.5) is 0 Å². The molecule has 0 radical (unpaired) electrons. The Morgan fingerprint density at radius 3 is 2.92 bits per heavy atom. The number of rotatable bonds is 2. The average Bonchev–Trinajstić information content (AvgIpc) is 2.48. The van der Waals surface area contributed by atoms with Gasteiger partial charge in [-0.2, -0.15) is 0 Å². The van der Waals surface area contributed by atoms with E-state index in [-0.39, 0.29) is 0 Å². The number of fused-ring (bicyclic) bond motifs is 1. The van der Waals surface area contributed by atoms with E-state index in [0.717, 1.165) is 11.9 Å². The van der Waals surface area contributed by atoms with Gasteiger partial charge >= 0.3 is 0 Å². The maximum atomic E-state index is 5.57. The third kappa shape index (κ3) is 1.43. The summed E-state index contributed by atoms with van der Waals surface area (Å²) in [6, 6.07) is 8.18. The summed E-state index contributed by atoms with van der Waals surface area (Å²) in [6.45, 7) is 3.70. The smallest absolute Gasteiger partial charge is 0.0456 e. The van der Waals surface area contributed by atoms with E-state index in [2.05, 4.69) is 23.7 Å². The molecule has 0 fully saturated rings. The number of nitrogens with one attached hydrogen (secondary N) is 1. The Bertz CT molecular complexity index is 440. The summed E-state index contributed by atoms with van der Waals surface area (Å²) in [4.78, 5) is 3.20. The Balaban J connectivity index is 2.51. The van der Waals surface area contributed by atoms with Crippen LogP contribution in [0.2, 0.25) is 0 Å². The van der Waals surface area contributed by atoms with Gasteiger partial charge < -0.3 is 10.7 Å². The van der Waals surface area contributed by atoms with Gasteiger partial charge in [0.15, 0.2) is 0 Å². The molecule has 2 rings (SSSR count). The quantitative estimate of drug-likeness (QED) is 0.716. The molecule has 0 aliphatic carbocycles. The second-order valence-corrected chi connectivity index (χ2v) is 3.19. The van der Waals surface area contributed by atoms with Crippen molar-refractivity contribution in [3.63, 3.8) is 0 Å². The average molecular weight is 172 g/mol. The van der Waals surface area contributed by atoms with Crippen LogP contribution in [0.1, 0.15) is 5.56 Å². The van der Waals surface area contributed by atoms with Crippen molar-refractivity contribution < 1.29 is 0 Å². The van der Waals surface area contributed by atoms with Crippen molar-refractivity contribution in [2.24, 2.45) is 5.73 Å². The molecule has 1 aromatic carbocycles. The Morgan fingerprint density at radius 2 is 2.15 bits per heavy atom. The number of hydrogen-bond acceptors (Lipinski definition) is 1. The first-order chi connectivity index (χ1) is 6.27. The van der Waals surface area contributed by atoms with E-state index in [4.69, 9.17) is 5.73 Å². The number of para-hydroxylation sites is 1. The Morgan fingerprint density at radius 1 is 1.38 bits per heavy atom. The lowest BCUT2D eigenvalue weighted by molar-refractivity contribution is 1.13. The summed E-state index contributed by atoms with van der Waals surface area (Å²) in [6.07, 6.45) is 2.73. The van der Waals surface area contributed by atoms with Crippen LogP contribution in [0.5, 0.6) is 0 Å². The van der Waals surface area contributed by atoms with Gasteiger partial charge in [-0.05, 0) is 11.6 Å². The van der Waals surface area contributed by atoms with Crippen LogP contribution in [0.15, 0.2) is 42.7 Å². The normalized spacial score (nSPS) is 10.5. The molecule has 0 bridgehead atoms. The van der Waals surface area contributed by atoms with Gasteiger partial charge in [0.1, 0.15) is 0 Å². The fourth-order valence-corrected chi connectivity index (χ4v) is 1.52. The Kier molecular flexibility index (Phi) is 1.81. The van der Waals surface area contributed by atoms with E-state index in [1.165, 1.54) is 10.9 Å². The maximum Gasteiger partial charge on any atom is 0.0456 e. The summed E-state index contributed by atoms with van der Waals surface area (Å²) >= 11 is 0. The molecular formula is C11H12N2.